The lowest BCUT2D eigenvalue weighted by Gasteiger charge is -2.27. The van der Waals surface area contributed by atoms with Crippen molar-refractivity contribution in [2.45, 2.75) is 38.7 Å². The summed E-state index contributed by atoms with van der Waals surface area (Å²) in [6, 6.07) is 0. The van der Waals surface area contributed by atoms with Crippen LogP contribution in [0.5, 0.6) is 0 Å². The molecule has 0 radical (unpaired) electrons. The maximum atomic E-state index is 5.86. The summed E-state index contributed by atoms with van der Waals surface area (Å²) in [7, 11) is 1.77. The molecule has 0 atom stereocenters. The van der Waals surface area contributed by atoms with Gasteiger partial charge < -0.3 is 4.74 Å². The zero-order chi connectivity index (χ0) is 8.54. The van der Waals surface area contributed by atoms with Crippen molar-refractivity contribution in [2.24, 2.45) is 5.41 Å². The second-order valence-electron chi connectivity index (χ2n) is 4.27. The third-order valence-corrected chi connectivity index (χ3v) is 3.16. The second kappa shape index (κ2) is 2.95. The molecule has 11 heavy (non-hydrogen) atoms. The van der Waals surface area contributed by atoms with Gasteiger partial charge in [-0.05, 0) is 38.5 Å². The molecule has 0 aromatic carbocycles. The van der Waals surface area contributed by atoms with Crippen LogP contribution in [0.3, 0.4) is 0 Å². The van der Waals surface area contributed by atoms with Gasteiger partial charge in [0.15, 0.2) is 0 Å². The SMILES string of the molecule is COC(C)(C)CC1(CCl)CC1. The molecule has 66 valence electrons. The van der Waals surface area contributed by atoms with Crippen LogP contribution in [0.2, 0.25) is 0 Å². The van der Waals surface area contributed by atoms with Crippen LogP contribution in [-0.2, 0) is 4.74 Å². The Morgan fingerprint density at radius 1 is 1.45 bits per heavy atom. The van der Waals surface area contributed by atoms with Gasteiger partial charge in [0.05, 0.1) is 5.60 Å². The van der Waals surface area contributed by atoms with Gasteiger partial charge in [-0.1, -0.05) is 0 Å². The molecule has 1 fully saturated rings. The number of ether oxygens (including phenoxy) is 1. The highest BCUT2D eigenvalue weighted by atomic mass is 35.5. The molecule has 0 heterocycles. The third-order valence-electron chi connectivity index (χ3n) is 2.59. The lowest BCUT2D eigenvalue weighted by atomic mass is 9.92. The molecule has 1 aliphatic rings. The van der Waals surface area contributed by atoms with E-state index in [9.17, 15) is 0 Å². The highest BCUT2D eigenvalue weighted by molar-refractivity contribution is 6.18. The first-order valence-corrected chi connectivity index (χ1v) is 4.68. The molecule has 0 aromatic rings. The normalized spacial score (nSPS) is 21.8. The lowest BCUT2D eigenvalue weighted by molar-refractivity contribution is 0.000866. The van der Waals surface area contributed by atoms with Crippen LogP contribution < -0.4 is 0 Å². The van der Waals surface area contributed by atoms with Crippen LogP contribution in [0.1, 0.15) is 33.1 Å². The van der Waals surface area contributed by atoms with Crippen molar-refractivity contribution in [1.82, 2.24) is 0 Å². The summed E-state index contributed by atoms with van der Waals surface area (Å²) in [4.78, 5) is 0. The molecular formula is C9H17ClO. The molecule has 0 amide bonds. The number of hydrogen-bond acceptors (Lipinski definition) is 1. The molecule has 2 heteroatoms. The fraction of sp³-hybridized carbons (Fsp3) is 1.00. The van der Waals surface area contributed by atoms with Crippen molar-refractivity contribution in [2.75, 3.05) is 13.0 Å². The average Bonchev–Trinajstić information content (AvgIpc) is 2.69. The molecule has 0 bridgehead atoms. The molecule has 1 rings (SSSR count). The Kier molecular flexibility index (Phi) is 2.50. The van der Waals surface area contributed by atoms with E-state index in [-0.39, 0.29) is 5.60 Å². The fourth-order valence-corrected chi connectivity index (χ4v) is 1.87. The highest BCUT2D eigenvalue weighted by Gasteiger charge is 2.45. The van der Waals surface area contributed by atoms with Crippen molar-refractivity contribution < 1.29 is 4.74 Å². The van der Waals surface area contributed by atoms with Gasteiger partial charge in [0.25, 0.3) is 0 Å². The molecule has 1 nitrogen and oxygen atoms in total. The van der Waals surface area contributed by atoms with Crippen molar-refractivity contribution in [3.8, 4) is 0 Å². The van der Waals surface area contributed by atoms with Gasteiger partial charge >= 0.3 is 0 Å². The van der Waals surface area contributed by atoms with E-state index in [0.717, 1.165) is 12.3 Å². The number of rotatable bonds is 4. The summed E-state index contributed by atoms with van der Waals surface area (Å²) in [5, 5.41) is 0. The predicted molar refractivity (Wildman–Crippen MR) is 48.1 cm³/mol. The molecule has 0 spiro atoms. The largest absolute Gasteiger partial charge is 0.379 e. The summed E-state index contributed by atoms with van der Waals surface area (Å²) in [5.41, 5.74) is 0.423. The summed E-state index contributed by atoms with van der Waals surface area (Å²) in [5.74, 6) is 0.791. The molecular weight excluding hydrogens is 160 g/mol. The van der Waals surface area contributed by atoms with Crippen LogP contribution in [-0.4, -0.2) is 18.6 Å². The molecule has 1 saturated carbocycles. The Morgan fingerprint density at radius 2 is 2.00 bits per heavy atom. The highest BCUT2D eigenvalue weighted by Crippen LogP contribution is 2.52. The molecule has 0 aromatic heterocycles. The summed E-state index contributed by atoms with van der Waals surface area (Å²) >= 11 is 5.86. The average molecular weight is 177 g/mol. The molecule has 0 saturated heterocycles. The molecule has 0 aliphatic heterocycles. The van der Waals surface area contributed by atoms with E-state index in [1.54, 1.807) is 7.11 Å². The van der Waals surface area contributed by atoms with Crippen molar-refractivity contribution in [1.29, 1.82) is 0 Å². The summed E-state index contributed by atoms with van der Waals surface area (Å²) in [6.45, 7) is 4.25. The quantitative estimate of drug-likeness (QED) is 0.599. The zero-order valence-corrected chi connectivity index (χ0v) is 8.37. The first-order chi connectivity index (χ1) is 5.04. The van der Waals surface area contributed by atoms with E-state index >= 15 is 0 Å². The van der Waals surface area contributed by atoms with Gasteiger partial charge in [0.1, 0.15) is 0 Å². The minimum absolute atomic E-state index is 0.00535. The molecule has 0 N–H and O–H groups in total. The topological polar surface area (TPSA) is 9.23 Å². The fourth-order valence-electron chi connectivity index (χ4n) is 1.51. The monoisotopic (exact) mass is 176 g/mol. The van der Waals surface area contributed by atoms with Crippen LogP contribution in [0.25, 0.3) is 0 Å². The summed E-state index contributed by atoms with van der Waals surface area (Å²) < 4.78 is 5.36. The maximum Gasteiger partial charge on any atom is 0.0628 e. The minimum Gasteiger partial charge on any atom is -0.379 e. The van der Waals surface area contributed by atoms with Crippen LogP contribution in [0.4, 0.5) is 0 Å². The van der Waals surface area contributed by atoms with Gasteiger partial charge in [0.2, 0.25) is 0 Å². The molecule has 0 unspecified atom stereocenters. The van der Waals surface area contributed by atoms with E-state index in [0.29, 0.717) is 5.41 Å². The number of hydrogen-bond donors (Lipinski definition) is 0. The van der Waals surface area contributed by atoms with Gasteiger partial charge in [0, 0.05) is 13.0 Å². The second-order valence-corrected chi connectivity index (χ2v) is 4.54. The first-order valence-electron chi connectivity index (χ1n) is 4.15. The number of methoxy groups -OCH3 is 1. The smallest absolute Gasteiger partial charge is 0.0628 e. The van der Waals surface area contributed by atoms with Crippen LogP contribution >= 0.6 is 11.6 Å². The Balaban J connectivity index is 2.41. The minimum atomic E-state index is 0.00535. The summed E-state index contributed by atoms with van der Waals surface area (Å²) in [6.07, 6.45) is 3.66. The van der Waals surface area contributed by atoms with E-state index in [1.165, 1.54) is 12.8 Å². The van der Waals surface area contributed by atoms with Crippen LogP contribution in [0.15, 0.2) is 0 Å². The van der Waals surface area contributed by atoms with Crippen molar-refractivity contribution >= 4 is 11.6 Å². The van der Waals surface area contributed by atoms with E-state index in [2.05, 4.69) is 13.8 Å². The standard InChI is InChI=1S/C9H17ClO/c1-8(2,11-3)6-9(7-10)4-5-9/h4-7H2,1-3H3. The Morgan fingerprint density at radius 3 is 2.27 bits per heavy atom. The lowest BCUT2D eigenvalue weighted by Crippen LogP contribution is -2.27. The Bertz CT molecular complexity index is 134. The van der Waals surface area contributed by atoms with Gasteiger partial charge in [-0.25, -0.2) is 0 Å². The van der Waals surface area contributed by atoms with Crippen molar-refractivity contribution in [3.63, 3.8) is 0 Å². The van der Waals surface area contributed by atoms with E-state index in [1.807, 2.05) is 0 Å². The number of halogens is 1. The van der Waals surface area contributed by atoms with Crippen molar-refractivity contribution in [3.05, 3.63) is 0 Å². The first kappa shape index (κ1) is 9.34. The third kappa shape index (κ3) is 2.34. The zero-order valence-electron chi connectivity index (χ0n) is 7.61. The predicted octanol–water partition coefficient (Wildman–Crippen LogP) is 2.82. The van der Waals surface area contributed by atoms with Gasteiger partial charge in [-0.15, -0.1) is 11.6 Å². The Hall–Kier alpha value is 0.250. The van der Waals surface area contributed by atoms with E-state index in [4.69, 9.17) is 16.3 Å². The van der Waals surface area contributed by atoms with E-state index < -0.39 is 0 Å². The molecule has 1 aliphatic carbocycles. The van der Waals surface area contributed by atoms with Gasteiger partial charge in [-0.2, -0.15) is 0 Å². The van der Waals surface area contributed by atoms with Crippen LogP contribution in [0, 0.1) is 5.41 Å². The maximum absolute atomic E-state index is 5.86. The number of alkyl halides is 1. The Labute approximate surface area is 74.1 Å². The van der Waals surface area contributed by atoms with Gasteiger partial charge in [-0.3, -0.25) is 0 Å².